The maximum atomic E-state index is 12.3. The lowest BCUT2D eigenvalue weighted by atomic mass is 10.3. The van der Waals surface area contributed by atoms with Crippen LogP contribution in [0, 0.1) is 0 Å². The lowest BCUT2D eigenvalue weighted by Crippen LogP contribution is -2.13. The van der Waals surface area contributed by atoms with Crippen LogP contribution in [0.4, 0.5) is 19.1 Å². The number of nitrogens with one attached hydrogen (secondary N) is 2. The average molecular weight is 317 g/mol. The summed E-state index contributed by atoms with van der Waals surface area (Å²) in [6, 6.07) is 3.18. The first-order valence-corrected chi connectivity index (χ1v) is 6.78. The van der Waals surface area contributed by atoms with Crippen LogP contribution in [0.15, 0.2) is 23.4 Å². The zero-order valence-corrected chi connectivity index (χ0v) is 11.5. The van der Waals surface area contributed by atoms with Crippen molar-refractivity contribution in [2.75, 3.05) is 11.1 Å². The molecule has 0 aliphatic heterocycles. The molecule has 2 N–H and O–H groups in total. The number of carbonyl (C=O) groups is 1. The molecule has 0 saturated carbocycles. The number of hydrogen-bond acceptors (Lipinski definition) is 5. The van der Waals surface area contributed by atoms with Crippen molar-refractivity contribution in [3.63, 3.8) is 0 Å². The fourth-order valence-corrected chi connectivity index (χ4v) is 1.95. The third-order valence-electron chi connectivity index (χ3n) is 2.27. The second-order valence-corrected chi connectivity index (χ2v) is 5.06. The summed E-state index contributed by atoms with van der Waals surface area (Å²) in [4.78, 5) is 19.0. The molecule has 0 fully saturated rings. The van der Waals surface area contributed by atoms with Gasteiger partial charge in [-0.15, -0.1) is 16.9 Å². The number of H-pyrrole nitrogens is 1. The highest BCUT2D eigenvalue weighted by molar-refractivity contribution is 7.99. The molecule has 6 nitrogen and oxygen atoms in total. The van der Waals surface area contributed by atoms with Gasteiger partial charge in [0.05, 0.1) is 10.6 Å². The maximum Gasteiger partial charge on any atom is 0.451 e. The first kappa shape index (κ1) is 15.3. The molecule has 0 spiro atoms. The molecule has 21 heavy (non-hydrogen) atoms. The lowest BCUT2D eigenvalue weighted by Gasteiger charge is -2.02. The number of halogens is 3. The van der Waals surface area contributed by atoms with Crippen molar-refractivity contribution in [1.29, 1.82) is 0 Å². The van der Waals surface area contributed by atoms with Crippen LogP contribution < -0.4 is 5.32 Å². The Hall–Kier alpha value is -2.10. The van der Waals surface area contributed by atoms with Gasteiger partial charge in [-0.2, -0.15) is 18.2 Å². The molecule has 2 aromatic rings. The minimum absolute atomic E-state index is 0.203. The quantitative estimate of drug-likeness (QED) is 0.847. The van der Waals surface area contributed by atoms with Crippen molar-refractivity contribution in [2.24, 2.45) is 0 Å². The molecule has 0 unspecified atom stereocenters. The number of thioether (sulfide) groups is 1. The van der Waals surface area contributed by atoms with E-state index in [9.17, 15) is 18.0 Å². The second kappa shape index (κ2) is 6.12. The van der Waals surface area contributed by atoms with Crippen LogP contribution in [0.1, 0.15) is 23.1 Å². The Morgan fingerprint density at radius 2 is 2.19 bits per heavy atom. The molecule has 0 radical (unpaired) electrons. The first-order chi connectivity index (χ1) is 9.90. The van der Waals surface area contributed by atoms with Crippen LogP contribution in [0.3, 0.4) is 0 Å². The number of nitrogens with zero attached hydrogens (tertiary/aromatic N) is 3. The maximum absolute atomic E-state index is 12.3. The van der Waals surface area contributed by atoms with Crippen molar-refractivity contribution in [3.05, 3.63) is 29.7 Å². The smallest absolute Gasteiger partial charge is 0.289 e. The standard InChI is InChI=1S/C11H10F3N5OS/c1-2-21-7-4-3-6(5-15-7)8(20)16-10-17-9(18-19-10)11(12,13)14/h3-5H,2H2,1H3,(H2,16,17,18,19,20). The number of aromatic nitrogens is 4. The monoisotopic (exact) mass is 317 g/mol. The fourth-order valence-electron chi connectivity index (χ4n) is 1.37. The van der Waals surface area contributed by atoms with Crippen molar-refractivity contribution in [2.45, 2.75) is 18.1 Å². The van der Waals surface area contributed by atoms with Gasteiger partial charge in [-0.25, -0.2) is 4.98 Å². The Morgan fingerprint density at radius 1 is 1.43 bits per heavy atom. The van der Waals surface area contributed by atoms with Crippen LogP contribution in [-0.4, -0.2) is 31.8 Å². The number of alkyl halides is 3. The number of aromatic amines is 1. The van der Waals surface area contributed by atoms with E-state index in [-0.39, 0.29) is 5.56 Å². The molecule has 0 atom stereocenters. The number of pyridine rings is 1. The molecule has 2 aromatic heterocycles. The van der Waals surface area contributed by atoms with E-state index in [4.69, 9.17) is 0 Å². The van der Waals surface area contributed by atoms with Crippen molar-refractivity contribution in [1.82, 2.24) is 20.2 Å². The van der Waals surface area contributed by atoms with Gasteiger partial charge in [-0.3, -0.25) is 15.2 Å². The van der Waals surface area contributed by atoms with Gasteiger partial charge >= 0.3 is 6.18 Å². The summed E-state index contributed by atoms with van der Waals surface area (Å²) in [5.74, 6) is -1.51. The zero-order chi connectivity index (χ0) is 15.5. The molecule has 2 heterocycles. The normalized spacial score (nSPS) is 11.4. The van der Waals surface area contributed by atoms with Gasteiger partial charge in [0.1, 0.15) is 0 Å². The fraction of sp³-hybridized carbons (Fsp3) is 0.273. The first-order valence-electron chi connectivity index (χ1n) is 5.80. The number of anilines is 1. The van der Waals surface area contributed by atoms with Crippen LogP contribution in [0.5, 0.6) is 0 Å². The third kappa shape index (κ3) is 3.94. The topological polar surface area (TPSA) is 83.6 Å². The van der Waals surface area contributed by atoms with Crippen LogP contribution in [-0.2, 0) is 6.18 Å². The molecule has 0 aliphatic rings. The minimum atomic E-state index is -4.64. The summed E-state index contributed by atoms with van der Waals surface area (Å²) >= 11 is 1.51. The predicted octanol–water partition coefficient (Wildman–Crippen LogP) is 2.58. The van der Waals surface area contributed by atoms with E-state index in [0.717, 1.165) is 10.8 Å². The summed E-state index contributed by atoms with van der Waals surface area (Å²) in [5.41, 5.74) is 0.203. The highest BCUT2D eigenvalue weighted by atomic mass is 32.2. The minimum Gasteiger partial charge on any atom is -0.289 e. The van der Waals surface area contributed by atoms with E-state index in [0.29, 0.717) is 0 Å². The van der Waals surface area contributed by atoms with E-state index < -0.39 is 23.9 Å². The lowest BCUT2D eigenvalue weighted by molar-refractivity contribution is -0.144. The number of amides is 1. The Morgan fingerprint density at radius 3 is 2.71 bits per heavy atom. The third-order valence-corrected chi connectivity index (χ3v) is 3.10. The van der Waals surface area contributed by atoms with E-state index in [1.165, 1.54) is 24.0 Å². The van der Waals surface area contributed by atoms with Crippen molar-refractivity contribution < 1.29 is 18.0 Å². The molecule has 2 rings (SSSR count). The molecule has 10 heteroatoms. The van der Waals surface area contributed by atoms with Gasteiger partial charge in [0.15, 0.2) is 0 Å². The summed E-state index contributed by atoms with van der Waals surface area (Å²) < 4.78 is 37.0. The SMILES string of the molecule is CCSc1ccc(C(=O)Nc2n[nH]c(C(F)(F)F)n2)cn1. The van der Waals surface area contributed by atoms with Crippen LogP contribution in [0.2, 0.25) is 0 Å². The predicted molar refractivity (Wildman–Crippen MR) is 70.0 cm³/mol. The molecule has 112 valence electrons. The summed E-state index contributed by atoms with van der Waals surface area (Å²) in [7, 11) is 0. The van der Waals surface area contributed by atoms with Gasteiger partial charge in [-0.1, -0.05) is 6.92 Å². The van der Waals surface area contributed by atoms with Gasteiger partial charge in [0, 0.05) is 6.20 Å². The van der Waals surface area contributed by atoms with Crippen molar-refractivity contribution in [3.8, 4) is 0 Å². The summed E-state index contributed by atoms with van der Waals surface area (Å²) in [6.45, 7) is 1.97. The second-order valence-electron chi connectivity index (χ2n) is 3.78. The van der Waals surface area contributed by atoms with Gasteiger partial charge in [-0.05, 0) is 17.9 Å². The van der Waals surface area contributed by atoms with E-state index in [2.05, 4.69) is 20.4 Å². The van der Waals surface area contributed by atoms with E-state index in [1.807, 2.05) is 6.92 Å². The number of hydrogen-bond donors (Lipinski definition) is 2. The molecular weight excluding hydrogens is 307 g/mol. The van der Waals surface area contributed by atoms with Gasteiger partial charge < -0.3 is 0 Å². The molecule has 0 bridgehead atoms. The molecule has 0 aliphatic carbocycles. The van der Waals surface area contributed by atoms with Crippen molar-refractivity contribution >= 4 is 23.6 Å². The van der Waals surface area contributed by atoms with Crippen LogP contribution >= 0.6 is 11.8 Å². The zero-order valence-electron chi connectivity index (χ0n) is 10.7. The molecule has 0 aromatic carbocycles. The Kier molecular flexibility index (Phi) is 4.46. The number of rotatable bonds is 4. The van der Waals surface area contributed by atoms with Gasteiger partial charge in [0.2, 0.25) is 11.8 Å². The summed E-state index contributed by atoms with van der Waals surface area (Å²) in [5, 5.41) is 7.91. The largest absolute Gasteiger partial charge is 0.451 e. The highest BCUT2D eigenvalue weighted by Crippen LogP contribution is 2.26. The highest BCUT2D eigenvalue weighted by Gasteiger charge is 2.35. The summed E-state index contributed by atoms with van der Waals surface area (Å²) in [6.07, 6.45) is -3.30. The molecule has 0 saturated heterocycles. The Labute approximate surface area is 121 Å². The average Bonchev–Trinajstić information content (AvgIpc) is 2.88. The van der Waals surface area contributed by atoms with Crippen LogP contribution in [0.25, 0.3) is 0 Å². The van der Waals surface area contributed by atoms with E-state index >= 15 is 0 Å². The molecular formula is C11H10F3N5OS. The Bertz CT molecular complexity index is 626. The molecule has 1 amide bonds. The Balaban J connectivity index is 2.05. The number of carbonyl (C=O) groups excluding carboxylic acids is 1. The van der Waals surface area contributed by atoms with E-state index in [1.54, 1.807) is 11.2 Å². The van der Waals surface area contributed by atoms with Gasteiger partial charge in [0.25, 0.3) is 5.91 Å².